The molecule has 1 heterocycles. The van der Waals surface area contributed by atoms with E-state index in [9.17, 15) is 5.11 Å². The molecule has 5 heteroatoms. The van der Waals surface area contributed by atoms with Crippen LogP contribution in [0.5, 0.6) is 0 Å². The molecule has 2 rings (SSSR count). The maximum Gasteiger partial charge on any atom is 0.188 e. The second kappa shape index (κ2) is 6.63. The molecule has 2 unspecified atom stereocenters. The molecule has 1 aromatic rings. The molecule has 2 N–H and O–H groups in total. The summed E-state index contributed by atoms with van der Waals surface area (Å²) in [4.78, 5) is 9.14. The van der Waals surface area contributed by atoms with Gasteiger partial charge in [-0.05, 0) is 52.5 Å². The van der Waals surface area contributed by atoms with Crippen molar-refractivity contribution in [2.75, 3.05) is 6.61 Å². The van der Waals surface area contributed by atoms with Crippen molar-refractivity contribution in [1.29, 1.82) is 0 Å². The van der Waals surface area contributed by atoms with E-state index in [4.69, 9.17) is 0 Å². The fourth-order valence-corrected chi connectivity index (χ4v) is 3.73. The van der Waals surface area contributed by atoms with Crippen LogP contribution in [-0.2, 0) is 0 Å². The van der Waals surface area contributed by atoms with Crippen LogP contribution in [0.25, 0.3) is 0 Å². The lowest BCUT2D eigenvalue weighted by molar-refractivity contribution is 0.164. The average Bonchev–Trinajstić information content (AvgIpc) is 3.19. The van der Waals surface area contributed by atoms with Crippen molar-refractivity contribution in [3.05, 3.63) is 17.0 Å². The topological polar surface area (TPSA) is 58.0 Å². The van der Waals surface area contributed by atoms with E-state index in [1.54, 1.807) is 11.8 Å². The lowest BCUT2D eigenvalue weighted by Crippen LogP contribution is -2.48. The van der Waals surface area contributed by atoms with E-state index < -0.39 is 0 Å². The molecule has 118 valence electrons. The second-order valence-corrected chi connectivity index (χ2v) is 7.98. The van der Waals surface area contributed by atoms with Crippen molar-refractivity contribution in [3.8, 4) is 0 Å². The third kappa shape index (κ3) is 4.66. The van der Waals surface area contributed by atoms with Gasteiger partial charge in [0.15, 0.2) is 5.16 Å². The minimum absolute atomic E-state index is 0.168. The Morgan fingerprint density at radius 1 is 1.29 bits per heavy atom. The summed E-state index contributed by atoms with van der Waals surface area (Å²) in [6, 6.07) is 0.597. The largest absolute Gasteiger partial charge is 0.394 e. The molecule has 1 aromatic heterocycles. The molecule has 0 radical (unpaired) electrons. The van der Waals surface area contributed by atoms with Crippen LogP contribution in [0.3, 0.4) is 0 Å². The summed E-state index contributed by atoms with van der Waals surface area (Å²) in [5.74, 6) is 0. The first kappa shape index (κ1) is 16.7. The Labute approximate surface area is 132 Å². The molecule has 1 aliphatic rings. The van der Waals surface area contributed by atoms with Gasteiger partial charge < -0.3 is 10.4 Å². The summed E-state index contributed by atoms with van der Waals surface area (Å²) < 4.78 is 0. The van der Waals surface area contributed by atoms with Gasteiger partial charge in [-0.25, -0.2) is 9.97 Å². The Kier molecular flexibility index (Phi) is 5.28. The maximum absolute atomic E-state index is 9.70. The van der Waals surface area contributed by atoms with Gasteiger partial charge in [0, 0.05) is 28.2 Å². The van der Waals surface area contributed by atoms with Crippen molar-refractivity contribution in [2.24, 2.45) is 0 Å². The third-order valence-electron chi connectivity index (χ3n) is 4.14. The smallest absolute Gasteiger partial charge is 0.188 e. The zero-order valence-electron chi connectivity index (χ0n) is 13.7. The number of aromatic nitrogens is 2. The molecule has 0 amide bonds. The lowest BCUT2D eigenvalue weighted by atomic mass is 9.97. The highest BCUT2D eigenvalue weighted by molar-refractivity contribution is 7.99. The van der Waals surface area contributed by atoms with Gasteiger partial charge in [0.05, 0.1) is 6.61 Å². The number of nitrogens with one attached hydrogen (secondary N) is 1. The lowest BCUT2D eigenvalue weighted by Gasteiger charge is -2.31. The van der Waals surface area contributed by atoms with E-state index in [-0.39, 0.29) is 12.1 Å². The fourth-order valence-electron chi connectivity index (χ4n) is 2.54. The predicted molar refractivity (Wildman–Crippen MR) is 87.8 cm³/mol. The van der Waals surface area contributed by atoms with Crippen molar-refractivity contribution in [3.63, 3.8) is 0 Å². The Balaban J connectivity index is 1.98. The van der Waals surface area contributed by atoms with E-state index >= 15 is 0 Å². The number of hydrogen-bond donors (Lipinski definition) is 2. The van der Waals surface area contributed by atoms with Crippen molar-refractivity contribution in [2.45, 2.75) is 75.9 Å². The summed E-state index contributed by atoms with van der Waals surface area (Å²) in [7, 11) is 0. The van der Waals surface area contributed by atoms with Gasteiger partial charge in [-0.2, -0.15) is 0 Å². The summed E-state index contributed by atoms with van der Waals surface area (Å²) in [6.45, 7) is 10.6. The first-order valence-electron chi connectivity index (χ1n) is 7.70. The van der Waals surface area contributed by atoms with E-state index in [0.717, 1.165) is 23.0 Å². The number of aliphatic hydroxyl groups is 1. The van der Waals surface area contributed by atoms with Gasteiger partial charge in [0.1, 0.15) is 0 Å². The predicted octanol–water partition coefficient (Wildman–Crippen LogP) is 2.78. The fraction of sp³-hybridized carbons (Fsp3) is 0.750. The summed E-state index contributed by atoms with van der Waals surface area (Å²) in [6.07, 6.45) is 3.37. The highest BCUT2D eigenvalue weighted by Gasteiger charge is 2.33. The van der Waals surface area contributed by atoms with Crippen LogP contribution < -0.4 is 5.32 Å². The number of hydrogen-bond acceptors (Lipinski definition) is 5. The number of rotatable bonds is 7. The Bertz CT molecular complexity index is 481. The third-order valence-corrected chi connectivity index (χ3v) is 5.10. The van der Waals surface area contributed by atoms with E-state index in [1.807, 2.05) is 13.8 Å². The summed E-state index contributed by atoms with van der Waals surface area (Å²) >= 11 is 1.70. The SMILES string of the molecule is Cc1nc(SC(C)CC(C)(CO)NC2CC2)nc(C)c1C. The van der Waals surface area contributed by atoms with Crippen LogP contribution in [0.4, 0.5) is 0 Å². The zero-order valence-corrected chi connectivity index (χ0v) is 14.5. The van der Waals surface area contributed by atoms with Crippen LogP contribution in [0.15, 0.2) is 5.16 Å². The molecule has 0 bridgehead atoms. The van der Waals surface area contributed by atoms with Crippen molar-refractivity contribution >= 4 is 11.8 Å². The van der Waals surface area contributed by atoms with Crippen LogP contribution >= 0.6 is 11.8 Å². The van der Waals surface area contributed by atoms with E-state index in [2.05, 4.69) is 36.1 Å². The minimum atomic E-state index is -0.206. The molecule has 2 atom stereocenters. The van der Waals surface area contributed by atoms with Gasteiger partial charge in [-0.15, -0.1) is 0 Å². The molecule has 4 nitrogen and oxygen atoms in total. The Morgan fingerprint density at radius 2 is 1.86 bits per heavy atom. The van der Waals surface area contributed by atoms with Gasteiger partial charge in [0.2, 0.25) is 0 Å². The summed E-state index contributed by atoms with van der Waals surface area (Å²) in [5, 5.41) is 14.5. The number of nitrogens with zero attached hydrogens (tertiary/aromatic N) is 2. The molecule has 0 saturated heterocycles. The van der Waals surface area contributed by atoms with Gasteiger partial charge in [0.25, 0.3) is 0 Å². The van der Waals surface area contributed by atoms with E-state index in [1.165, 1.54) is 18.4 Å². The van der Waals surface area contributed by atoms with Crippen LogP contribution in [0.2, 0.25) is 0 Å². The first-order chi connectivity index (χ1) is 9.83. The Hall–Kier alpha value is -0.650. The molecule has 1 saturated carbocycles. The quantitative estimate of drug-likeness (QED) is 0.599. The molecular formula is C16H27N3OS. The molecular weight excluding hydrogens is 282 g/mol. The highest BCUT2D eigenvalue weighted by Crippen LogP contribution is 2.30. The van der Waals surface area contributed by atoms with Crippen molar-refractivity contribution in [1.82, 2.24) is 15.3 Å². The van der Waals surface area contributed by atoms with Crippen LogP contribution in [0.1, 0.15) is 50.1 Å². The Morgan fingerprint density at radius 3 is 2.33 bits per heavy atom. The van der Waals surface area contributed by atoms with Gasteiger partial charge in [-0.3, -0.25) is 0 Å². The molecule has 0 spiro atoms. The monoisotopic (exact) mass is 309 g/mol. The average molecular weight is 309 g/mol. The molecule has 1 fully saturated rings. The molecule has 0 aromatic carbocycles. The molecule has 0 aliphatic heterocycles. The van der Waals surface area contributed by atoms with Crippen LogP contribution in [0, 0.1) is 20.8 Å². The van der Waals surface area contributed by atoms with Crippen molar-refractivity contribution < 1.29 is 5.11 Å². The highest BCUT2D eigenvalue weighted by atomic mass is 32.2. The standard InChI is InChI=1S/C16H27N3OS/c1-10(8-16(5,9-20)19-14-6-7-14)21-15-17-12(3)11(2)13(4)18-15/h10,14,19-20H,6-9H2,1-5H3. The maximum atomic E-state index is 9.70. The molecule has 21 heavy (non-hydrogen) atoms. The first-order valence-corrected chi connectivity index (χ1v) is 8.58. The van der Waals surface area contributed by atoms with E-state index in [0.29, 0.717) is 11.3 Å². The number of aliphatic hydroxyl groups excluding tert-OH is 1. The summed E-state index contributed by atoms with van der Waals surface area (Å²) in [5.41, 5.74) is 3.07. The van der Waals surface area contributed by atoms with Gasteiger partial charge >= 0.3 is 0 Å². The second-order valence-electron chi connectivity index (χ2n) is 6.57. The zero-order chi connectivity index (χ0) is 15.6. The normalized spacial score (nSPS) is 19.3. The van der Waals surface area contributed by atoms with Gasteiger partial charge in [-0.1, -0.05) is 18.7 Å². The molecule has 1 aliphatic carbocycles. The van der Waals surface area contributed by atoms with Crippen LogP contribution in [-0.4, -0.2) is 38.5 Å². The minimum Gasteiger partial charge on any atom is -0.394 e. The number of thioether (sulfide) groups is 1. The number of aryl methyl sites for hydroxylation is 2.